The molecule has 0 unspecified atom stereocenters. The summed E-state index contributed by atoms with van der Waals surface area (Å²) in [5, 5.41) is 0. The van der Waals surface area contributed by atoms with Crippen molar-refractivity contribution in [2.45, 2.75) is 13.8 Å². The van der Waals surface area contributed by atoms with Gasteiger partial charge in [-0.15, -0.1) is 0 Å². The minimum absolute atomic E-state index is 0.167. The predicted octanol–water partition coefficient (Wildman–Crippen LogP) is 1.10. The molecule has 0 N–H and O–H groups in total. The summed E-state index contributed by atoms with van der Waals surface area (Å²) in [6.45, 7) is 3.06. The molecule has 0 heterocycles. The second-order valence-electron chi connectivity index (χ2n) is 0.908. The van der Waals surface area contributed by atoms with Gasteiger partial charge in [0.15, 0.2) is 0 Å². The van der Waals surface area contributed by atoms with Gasteiger partial charge in [0.2, 0.25) is 7.18 Å². The number of halogens is 1. The Hall–Kier alpha value is -0.400. The highest BCUT2D eigenvalue weighted by atomic mass is 19.1. The van der Waals surface area contributed by atoms with Crippen LogP contribution in [0.1, 0.15) is 13.8 Å². The number of rotatable bonds is 0. The van der Waals surface area contributed by atoms with Crippen LogP contribution in [0.2, 0.25) is 0 Å². The summed E-state index contributed by atoms with van der Waals surface area (Å²) < 4.78 is 8.75. The van der Waals surface area contributed by atoms with E-state index in [1.165, 1.54) is 13.8 Å². The summed E-state index contributed by atoms with van der Waals surface area (Å²) in [4.78, 5) is 9.44. The van der Waals surface area contributed by atoms with E-state index in [4.69, 9.17) is 4.39 Å². The molecular weight excluding hydrogens is 83.0 g/mol. The molecule has 0 aromatic carbocycles. The maximum absolute atomic E-state index is 9.44. The van der Waals surface area contributed by atoms with E-state index >= 15 is 0 Å². The van der Waals surface area contributed by atoms with E-state index < -0.39 is 0 Å². The Kier molecular flexibility index (Phi) is 13.4. The van der Waals surface area contributed by atoms with Crippen LogP contribution in [-0.2, 0) is 4.79 Å². The zero-order valence-electron chi connectivity index (χ0n) is 3.79. The lowest BCUT2D eigenvalue weighted by Crippen LogP contribution is -1.69. The summed E-state index contributed by atoms with van der Waals surface area (Å²) >= 11 is 0. The van der Waals surface area contributed by atoms with Crippen LogP contribution in [0, 0.1) is 7.18 Å². The van der Waals surface area contributed by atoms with Crippen molar-refractivity contribution in [1.82, 2.24) is 0 Å². The summed E-state index contributed by atoms with van der Waals surface area (Å²) in [6.07, 6.45) is 0. The maximum Gasteiger partial charge on any atom is 0.232 e. The first-order valence-corrected chi connectivity index (χ1v) is 1.39. The monoisotopic (exact) mass is 89.0 g/mol. The summed E-state index contributed by atoms with van der Waals surface area (Å²) in [7, 11) is 4.25. The van der Waals surface area contributed by atoms with E-state index in [9.17, 15) is 4.79 Å². The molecule has 0 spiro atoms. The van der Waals surface area contributed by atoms with Crippen molar-refractivity contribution < 1.29 is 9.18 Å². The lowest BCUT2D eigenvalue weighted by atomic mass is 10.6. The molecule has 6 heavy (non-hydrogen) atoms. The van der Waals surface area contributed by atoms with Crippen LogP contribution in [0.25, 0.3) is 0 Å². The van der Waals surface area contributed by atoms with E-state index in [2.05, 4.69) is 7.18 Å². The van der Waals surface area contributed by atoms with Gasteiger partial charge in [0.25, 0.3) is 0 Å². The van der Waals surface area contributed by atoms with Crippen molar-refractivity contribution >= 4 is 5.78 Å². The smallest absolute Gasteiger partial charge is 0.232 e. The van der Waals surface area contributed by atoms with Gasteiger partial charge >= 0.3 is 0 Å². The van der Waals surface area contributed by atoms with Crippen molar-refractivity contribution in [2.75, 3.05) is 0 Å². The fraction of sp³-hybridized carbons (Fsp3) is 0.500. The average Bonchev–Trinajstić information content (AvgIpc) is 1.41. The summed E-state index contributed by atoms with van der Waals surface area (Å²) in [5.41, 5.74) is 0. The number of ketones is 1. The minimum atomic E-state index is 0.167. The lowest BCUT2D eigenvalue weighted by molar-refractivity contribution is -0.114. The normalized spacial score (nSPS) is 5.33. The van der Waals surface area contributed by atoms with Crippen LogP contribution in [0.4, 0.5) is 4.39 Å². The van der Waals surface area contributed by atoms with Gasteiger partial charge in [-0.3, -0.25) is 0 Å². The van der Waals surface area contributed by atoms with Crippen molar-refractivity contribution in [3.05, 3.63) is 7.18 Å². The Morgan fingerprint density at radius 3 is 1.50 bits per heavy atom. The third kappa shape index (κ3) is 152. The first kappa shape index (κ1) is 9.14. The van der Waals surface area contributed by atoms with Crippen LogP contribution in [-0.4, -0.2) is 5.78 Å². The van der Waals surface area contributed by atoms with E-state index in [-0.39, 0.29) is 5.78 Å². The number of hydrogen-bond acceptors (Lipinski definition) is 1. The van der Waals surface area contributed by atoms with Crippen LogP contribution >= 0.6 is 0 Å². The first-order valence-electron chi connectivity index (χ1n) is 1.39. The molecule has 0 aliphatic heterocycles. The summed E-state index contributed by atoms with van der Waals surface area (Å²) in [5.74, 6) is 0.167. The van der Waals surface area contributed by atoms with Crippen molar-refractivity contribution in [1.29, 1.82) is 0 Å². The van der Waals surface area contributed by atoms with E-state index in [1.54, 1.807) is 0 Å². The van der Waals surface area contributed by atoms with Crippen molar-refractivity contribution in [3.8, 4) is 0 Å². The van der Waals surface area contributed by atoms with Crippen molar-refractivity contribution in [3.63, 3.8) is 0 Å². The van der Waals surface area contributed by atoms with Crippen molar-refractivity contribution in [2.24, 2.45) is 0 Å². The van der Waals surface area contributed by atoms with Crippen LogP contribution in [0.15, 0.2) is 0 Å². The molecule has 3 radical (unpaired) electrons. The topological polar surface area (TPSA) is 17.1 Å². The zero-order valence-corrected chi connectivity index (χ0v) is 3.79. The zero-order chi connectivity index (χ0) is 5.58. The molecule has 0 rings (SSSR count). The lowest BCUT2D eigenvalue weighted by Gasteiger charge is -1.56. The molecule has 1 nitrogen and oxygen atoms in total. The second kappa shape index (κ2) is 8.82. The fourth-order valence-corrected chi connectivity index (χ4v) is 0. The first-order chi connectivity index (χ1) is 2.73. The minimum Gasteiger partial charge on any atom is -0.300 e. The second-order valence-corrected chi connectivity index (χ2v) is 0.908. The third-order valence-electron chi connectivity index (χ3n) is 0. The van der Waals surface area contributed by atoms with E-state index in [0.717, 1.165) is 0 Å². The number of hydrogen-bond donors (Lipinski definition) is 0. The standard InChI is InChI=1S/C3H6O.CF/c1-3(2)4;1-2/h1-2H3;. The number of carbonyl (C=O) groups is 1. The molecule has 2 heteroatoms. The van der Waals surface area contributed by atoms with Gasteiger partial charge in [0.1, 0.15) is 5.78 Å². The van der Waals surface area contributed by atoms with Gasteiger partial charge in [-0.05, 0) is 13.8 Å². The molecule has 0 saturated heterocycles. The number of carbonyl (C=O) groups excluding carboxylic acids is 1. The average molecular weight is 89.1 g/mol. The molecule has 0 bridgehead atoms. The largest absolute Gasteiger partial charge is 0.300 e. The van der Waals surface area contributed by atoms with Gasteiger partial charge < -0.3 is 4.79 Å². The number of Topliss-reactive ketones (excluding diaryl/α,β-unsaturated/α-hetero) is 1. The van der Waals surface area contributed by atoms with Gasteiger partial charge in [-0.2, -0.15) is 0 Å². The Balaban J connectivity index is 0. The Labute approximate surface area is 37.2 Å². The highest BCUT2D eigenvalue weighted by molar-refractivity contribution is 5.72. The van der Waals surface area contributed by atoms with Gasteiger partial charge in [-0.25, -0.2) is 4.39 Å². The summed E-state index contributed by atoms with van der Waals surface area (Å²) in [6, 6.07) is 0. The molecule has 0 aliphatic rings. The predicted molar refractivity (Wildman–Crippen MR) is 20.7 cm³/mol. The molecular formula is C4H6FO. The molecule has 0 atom stereocenters. The highest BCUT2D eigenvalue weighted by Gasteiger charge is 1.62. The molecule has 0 aromatic heterocycles. The quantitative estimate of drug-likeness (QED) is 0.434. The molecule has 0 amide bonds. The van der Waals surface area contributed by atoms with Crippen LogP contribution in [0.5, 0.6) is 0 Å². The SMILES string of the molecule is CC(C)=O.[C]F. The molecule has 0 aliphatic carbocycles. The third-order valence-corrected chi connectivity index (χ3v) is 0. The maximum atomic E-state index is 9.44. The van der Waals surface area contributed by atoms with Crippen LogP contribution in [0.3, 0.4) is 0 Å². The fourth-order valence-electron chi connectivity index (χ4n) is 0. The van der Waals surface area contributed by atoms with Gasteiger partial charge in [0, 0.05) is 0 Å². The Bertz CT molecular complexity index is 30.5. The highest BCUT2D eigenvalue weighted by Crippen LogP contribution is 1.50. The van der Waals surface area contributed by atoms with E-state index in [0.29, 0.717) is 0 Å². The van der Waals surface area contributed by atoms with Crippen LogP contribution < -0.4 is 0 Å². The van der Waals surface area contributed by atoms with Gasteiger partial charge in [-0.1, -0.05) is 0 Å². The van der Waals surface area contributed by atoms with E-state index in [1.807, 2.05) is 0 Å². The molecule has 35 valence electrons. The molecule has 0 aromatic rings. The Morgan fingerprint density at radius 2 is 1.50 bits per heavy atom. The molecule has 0 saturated carbocycles. The van der Waals surface area contributed by atoms with Gasteiger partial charge in [0.05, 0.1) is 0 Å². The Morgan fingerprint density at radius 1 is 1.50 bits per heavy atom. The molecule has 0 fully saturated rings.